The molecule has 0 N–H and O–H groups in total. The van der Waals surface area contributed by atoms with Crippen LogP contribution >= 0.6 is 23.2 Å². The van der Waals surface area contributed by atoms with Gasteiger partial charge >= 0.3 is 6.18 Å². The smallest absolute Gasteiger partial charge is 0.361 e. The highest BCUT2D eigenvalue weighted by Crippen LogP contribution is 2.31. The molecule has 0 saturated heterocycles. The van der Waals surface area contributed by atoms with Crippen LogP contribution in [0.3, 0.4) is 0 Å². The molecule has 25 heavy (non-hydrogen) atoms. The maximum atomic E-state index is 13.1. The molecule has 3 aromatic rings. The Kier molecular flexibility index (Phi) is 4.51. The second kappa shape index (κ2) is 6.34. The van der Waals surface area contributed by atoms with Crippen molar-refractivity contribution in [3.8, 4) is 0 Å². The summed E-state index contributed by atoms with van der Waals surface area (Å²) in [4.78, 5) is 12.9. The van der Waals surface area contributed by atoms with Crippen LogP contribution < -0.4 is 4.90 Å². The fourth-order valence-electron chi connectivity index (χ4n) is 2.32. The molecule has 10 heteroatoms. The van der Waals surface area contributed by atoms with Gasteiger partial charge in [0.1, 0.15) is 0 Å². The molecule has 0 fully saturated rings. The van der Waals surface area contributed by atoms with Crippen LogP contribution in [0, 0.1) is 0 Å². The molecular formula is C15H12Cl2F3N5. The summed E-state index contributed by atoms with van der Waals surface area (Å²) >= 11 is 12.0. The average molecular weight is 390 g/mol. The molecule has 3 rings (SSSR count). The quantitative estimate of drug-likeness (QED) is 0.671. The van der Waals surface area contributed by atoms with E-state index in [-0.39, 0.29) is 23.5 Å². The van der Waals surface area contributed by atoms with Gasteiger partial charge in [0.05, 0.1) is 12.9 Å². The molecule has 0 unspecified atom stereocenters. The van der Waals surface area contributed by atoms with Gasteiger partial charge in [-0.25, -0.2) is 15.0 Å². The van der Waals surface area contributed by atoms with E-state index in [1.165, 1.54) is 15.8 Å². The number of hydrogen-bond acceptors (Lipinski definition) is 4. The van der Waals surface area contributed by atoms with E-state index >= 15 is 0 Å². The van der Waals surface area contributed by atoms with Gasteiger partial charge in [-0.2, -0.15) is 13.2 Å². The molecule has 0 atom stereocenters. The third kappa shape index (κ3) is 3.50. The standard InChI is InChI=1S/C15H12Cl2F3N5/c1-24(2)12-11-13(23-14(22-12)15(18,19)20)25(7-21-11)6-8-3-4-9(16)5-10(8)17/h3-5,7H,6H2,1-2H3. The molecule has 0 aliphatic rings. The van der Waals surface area contributed by atoms with Crippen LogP contribution in [-0.4, -0.2) is 33.6 Å². The third-order valence-electron chi connectivity index (χ3n) is 3.48. The summed E-state index contributed by atoms with van der Waals surface area (Å²) in [6, 6.07) is 4.93. The van der Waals surface area contributed by atoms with Crippen LogP contribution in [0.4, 0.5) is 19.0 Å². The molecule has 2 heterocycles. The minimum absolute atomic E-state index is 0.0806. The van der Waals surface area contributed by atoms with E-state index in [4.69, 9.17) is 23.2 Å². The van der Waals surface area contributed by atoms with Gasteiger partial charge in [-0.15, -0.1) is 0 Å². The van der Waals surface area contributed by atoms with E-state index in [1.807, 2.05) is 0 Å². The Balaban J connectivity index is 2.15. The van der Waals surface area contributed by atoms with Crippen molar-refractivity contribution in [2.45, 2.75) is 12.7 Å². The van der Waals surface area contributed by atoms with Crippen LogP contribution in [0.5, 0.6) is 0 Å². The molecule has 132 valence electrons. The van der Waals surface area contributed by atoms with Crippen molar-refractivity contribution in [1.29, 1.82) is 0 Å². The zero-order valence-electron chi connectivity index (χ0n) is 13.1. The van der Waals surface area contributed by atoms with Gasteiger partial charge in [0.15, 0.2) is 17.0 Å². The van der Waals surface area contributed by atoms with E-state index in [0.29, 0.717) is 15.6 Å². The molecule has 0 aliphatic heterocycles. The summed E-state index contributed by atoms with van der Waals surface area (Å²) in [5.41, 5.74) is 1.05. The first kappa shape index (κ1) is 17.8. The lowest BCUT2D eigenvalue weighted by Gasteiger charge is -2.14. The van der Waals surface area contributed by atoms with Crippen molar-refractivity contribution in [3.63, 3.8) is 0 Å². The lowest BCUT2D eigenvalue weighted by molar-refractivity contribution is -0.144. The number of fused-ring (bicyclic) bond motifs is 1. The fraction of sp³-hybridized carbons (Fsp3) is 0.267. The van der Waals surface area contributed by atoms with Crippen LogP contribution in [0.15, 0.2) is 24.5 Å². The maximum Gasteiger partial charge on any atom is 0.451 e. The number of rotatable bonds is 3. The highest BCUT2D eigenvalue weighted by molar-refractivity contribution is 6.35. The second-order valence-corrected chi connectivity index (χ2v) is 6.39. The zero-order valence-corrected chi connectivity index (χ0v) is 14.7. The van der Waals surface area contributed by atoms with Gasteiger partial charge in [0.2, 0.25) is 5.82 Å². The minimum atomic E-state index is -4.66. The van der Waals surface area contributed by atoms with Gasteiger partial charge in [0, 0.05) is 24.1 Å². The maximum absolute atomic E-state index is 13.1. The van der Waals surface area contributed by atoms with Crippen LogP contribution in [0.2, 0.25) is 10.0 Å². The number of imidazole rings is 1. The fourth-order valence-corrected chi connectivity index (χ4v) is 2.79. The Morgan fingerprint density at radius 3 is 2.48 bits per heavy atom. The Bertz CT molecular complexity index is 937. The molecule has 0 aliphatic carbocycles. The topological polar surface area (TPSA) is 46.8 Å². The predicted molar refractivity (Wildman–Crippen MR) is 90.2 cm³/mol. The Labute approximate surface area is 151 Å². The van der Waals surface area contributed by atoms with Crippen LogP contribution in [0.1, 0.15) is 11.4 Å². The van der Waals surface area contributed by atoms with Crippen molar-refractivity contribution in [2.75, 3.05) is 19.0 Å². The molecule has 0 spiro atoms. The first-order chi connectivity index (χ1) is 11.7. The summed E-state index contributed by atoms with van der Waals surface area (Å²) in [7, 11) is 3.19. The number of hydrogen-bond donors (Lipinski definition) is 0. The van der Waals surface area contributed by atoms with Crippen molar-refractivity contribution in [2.24, 2.45) is 0 Å². The summed E-state index contributed by atoms with van der Waals surface area (Å²) in [6.45, 7) is 0.202. The Morgan fingerprint density at radius 1 is 1.16 bits per heavy atom. The molecule has 0 radical (unpaired) electrons. The van der Waals surface area contributed by atoms with Crippen molar-refractivity contribution in [1.82, 2.24) is 19.5 Å². The Morgan fingerprint density at radius 2 is 1.88 bits per heavy atom. The Hall–Kier alpha value is -2.06. The lowest BCUT2D eigenvalue weighted by atomic mass is 10.2. The van der Waals surface area contributed by atoms with Crippen molar-refractivity contribution in [3.05, 3.63) is 46.0 Å². The van der Waals surface area contributed by atoms with E-state index in [0.717, 1.165) is 0 Å². The molecule has 0 saturated carbocycles. The number of benzene rings is 1. The highest BCUT2D eigenvalue weighted by atomic mass is 35.5. The number of anilines is 1. The summed E-state index contributed by atoms with van der Waals surface area (Å²) < 4.78 is 40.9. The van der Waals surface area contributed by atoms with E-state index in [9.17, 15) is 13.2 Å². The summed E-state index contributed by atoms with van der Waals surface area (Å²) in [5, 5.41) is 0.882. The van der Waals surface area contributed by atoms with E-state index < -0.39 is 12.0 Å². The summed E-state index contributed by atoms with van der Waals surface area (Å²) in [6.07, 6.45) is -3.25. The normalized spacial score (nSPS) is 12.0. The molecule has 0 amide bonds. The molecule has 5 nitrogen and oxygen atoms in total. The van der Waals surface area contributed by atoms with Gasteiger partial charge in [0.25, 0.3) is 0 Å². The SMILES string of the molecule is CN(C)c1nc(C(F)(F)F)nc2c1ncn2Cc1ccc(Cl)cc1Cl. The number of nitrogens with zero attached hydrogens (tertiary/aromatic N) is 5. The van der Waals surface area contributed by atoms with E-state index in [2.05, 4.69) is 15.0 Å². The molecule has 1 aromatic carbocycles. The highest BCUT2D eigenvalue weighted by Gasteiger charge is 2.36. The number of halogens is 5. The van der Waals surface area contributed by atoms with Gasteiger partial charge < -0.3 is 9.47 Å². The van der Waals surface area contributed by atoms with E-state index in [1.54, 1.807) is 32.3 Å². The van der Waals surface area contributed by atoms with Crippen molar-refractivity contribution >= 4 is 40.2 Å². The predicted octanol–water partition coefficient (Wildman–Crippen LogP) is 4.27. The largest absolute Gasteiger partial charge is 0.451 e. The third-order valence-corrected chi connectivity index (χ3v) is 4.07. The van der Waals surface area contributed by atoms with Crippen LogP contribution in [-0.2, 0) is 12.7 Å². The van der Waals surface area contributed by atoms with Gasteiger partial charge in [-0.05, 0) is 17.7 Å². The summed E-state index contributed by atoms with van der Waals surface area (Å²) in [5.74, 6) is -1.12. The number of aromatic nitrogens is 4. The van der Waals surface area contributed by atoms with Crippen molar-refractivity contribution < 1.29 is 13.2 Å². The number of alkyl halides is 3. The molecule has 0 bridgehead atoms. The first-order valence-corrected chi connectivity index (χ1v) is 7.83. The van der Waals surface area contributed by atoms with Gasteiger partial charge in [-0.1, -0.05) is 29.3 Å². The second-order valence-electron chi connectivity index (χ2n) is 5.54. The molecular weight excluding hydrogens is 378 g/mol. The molecule has 2 aromatic heterocycles. The lowest BCUT2D eigenvalue weighted by Crippen LogP contribution is -2.18. The average Bonchev–Trinajstić information content (AvgIpc) is 2.91. The van der Waals surface area contributed by atoms with Crippen LogP contribution in [0.25, 0.3) is 11.2 Å². The first-order valence-electron chi connectivity index (χ1n) is 7.08. The zero-order chi connectivity index (χ0) is 18.4. The minimum Gasteiger partial charge on any atom is -0.361 e. The monoisotopic (exact) mass is 389 g/mol. The van der Waals surface area contributed by atoms with Gasteiger partial charge in [-0.3, -0.25) is 0 Å².